The fourth-order valence-electron chi connectivity index (χ4n) is 5.19. The summed E-state index contributed by atoms with van der Waals surface area (Å²) >= 11 is 7.49. The summed E-state index contributed by atoms with van der Waals surface area (Å²) in [5, 5.41) is 21.8. The molecule has 1 aliphatic rings. The molecule has 2 heterocycles. The van der Waals surface area contributed by atoms with E-state index in [2.05, 4.69) is 9.88 Å². The molecule has 1 fully saturated rings. The third-order valence-electron chi connectivity index (χ3n) is 7.08. The molecule has 0 aliphatic carbocycles. The second kappa shape index (κ2) is 12.9. The molecule has 198 valence electrons. The van der Waals surface area contributed by atoms with E-state index in [9.17, 15) is 19.4 Å². The maximum atomic E-state index is 13.6. The number of carboxylic acids is 1. The molecule has 1 aromatic heterocycles. The quantitative estimate of drug-likeness (QED) is 0.283. The number of nitrogens with zero attached hydrogens (tertiary/aromatic N) is 2. The van der Waals surface area contributed by atoms with Crippen LogP contribution in [0.2, 0.25) is 5.02 Å². The van der Waals surface area contributed by atoms with Gasteiger partial charge in [0, 0.05) is 46.8 Å². The summed E-state index contributed by atoms with van der Waals surface area (Å²) in [5.41, 5.74) is 1.61. The van der Waals surface area contributed by atoms with Crippen LogP contribution >= 0.6 is 23.4 Å². The van der Waals surface area contributed by atoms with Crippen molar-refractivity contribution in [1.82, 2.24) is 9.88 Å². The van der Waals surface area contributed by atoms with E-state index in [0.29, 0.717) is 23.7 Å². The zero-order valence-electron chi connectivity index (χ0n) is 20.8. The Labute approximate surface area is 225 Å². The largest absolute Gasteiger partial charge is 0.497 e. The van der Waals surface area contributed by atoms with Crippen LogP contribution in [0.15, 0.2) is 53.6 Å². The number of aromatic nitrogens is 1. The highest BCUT2D eigenvalue weighted by atomic mass is 35.5. The Kier molecular flexibility index (Phi) is 9.65. The molecule has 0 bridgehead atoms. The van der Waals surface area contributed by atoms with Crippen LogP contribution in [0.3, 0.4) is 0 Å². The normalized spacial score (nSPS) is 19.1. The number of carbonyl (C=O) groups is 1. The van der Waals surface area contributed by atoms with Gasteiger partial charge in [0.15, 0.2) is 0 Å². The topological polar surface area (TPSA) is 82.9 Å². The molecule has 2 aromatic carbocycles. The number of aliphatic hydroxyl groups is 1. The number of hydrogen-bond donors (Lipinski definition) is 2. The van der Waals surface area contributed by atoms with Crippen LogP contribution in [-0.2, 0) is 4.79 Å². The predicted octanol–water partition coefficient (Wildman–Crippen LogP) is 6.05. The SMILES string of the molecule is COc1ccc2nccc([C@@H](O)CC[C@@H]3CCN(CCSc4cc(F)cc(Cl)c4)C[C@@H]3CC(=O)O)c2c1. The van der Waals surface area contributed by atoms with Crippen molar-refractivity contribution in [1.29, 1.82) is 0 Å². The van der Waals surface area contributed by atoms with Crippen LogP contribution in [-0.4, -0.2) is 58.6 Å². The summed E-state index contributed by atoms with van der Waals surface area (Å²) in [6.45, 7) is 2.36. The summed E-state index contributed by atoms with van der Waals surface area (Å²) in [4.78, 5) is 19.1. The summed E-state index contributed by atoms with van der Waals surface area (Å²) in [7, 11) is 1.61. The monoisotopic (exact) mass is 546 g/mol. The van der Waals surface area contributed by atoms with Gasteiger partial charge in [-0.15, -0.1) is 11.8 Å². The number of rotatable bonds is 11. The average Bonchev–Trinajstić information content (AvgIpc) is 2.86. The first kappa shape index (κ1) is 27.6. The highest BCUT2D eigenvalue weighted by Crippen LogP contribution is 2.35. The van der Waals surface area contributed by atoms with E-state index >= 15 is 0 Å². The van der Waals surface area contributed by atoms with Crippen LogP contribution in [0.25, 0.3) is 10.9 Å². The van der Waals surface area contributed by atoms with E-state index in [1.54, 1.807) is 31.1 Å². The number of hydrogen-bond acceptors (Lipinski definition) is 6. The number of carboxylic acid groups (broad SMARTS) is 1. The molecule has 6 nitrogen and oxygen atoms in total. The molecule has 1 saturated heterocycles. The number of aliphatic hydroxyl groups excluding tert-OH is 1. The number of methoxy groups -OCH3 is 1. The van der Waals surface area contributed by atoms with Crippen LogP contribution in [0.1, 0.15) is 37.4 Å². The maximum Gasteiger partial charge on any atom is 0.303 e. The highest BCUT2D eigenvalue weighted by Gasteiger charge is 2.31. The van der Waals surface area contributed by atoms with Gasteiger partial charge in [-0.05, 0) is 85.7 Å². The van der Waals surface area contributed by atoms with Gasteiger partial charge in [0.25, 0.3) is 0 Å². The zero-order chi connectivity index (χ0) is 26.4. The van der Waals surface area contributed by atoms with E-state index in [1.807, 2.05) is 24.3 Å². The molecule has 4 rings (SSSR count). The number of pyridine rings is 1. The summed E-state index contributed by atoms with van der Waals surface area (Å²) in [6.07, 6.45) is 3.32. The first-order valence-corrected chi connectivity index (χ1v) is 13.8. The standard InChI is InChI=1S/C28H32ClFN2O4S/c1-36-22-3-4-26-25(16-22)24(6-8-31-26)27(33)5-2-18-7-9-32(17-19(18)12-28(34)35)10-11-37-23-14-20(29)13-21(30)15-23/h3-4,6,8,13-16,18-19,27,33H,2,5,7,9-12,17H2,1H3,(H,34,35)/t18-,19+,27+/m1/s1. The van der Waals surface area contributed by atoms with Crippen molar-refractivity contribution in [2.45, 2.75) is 36.7 Å². The molecule has 3 atom stereocenters. The molecule has 0 amide bonds. The van der Waals surface area contributed by atoms with E-state index < -0.39 is 12.1 Å². The van der Waals surface area contributed by atoms with Crippen LogP contribution < -0.4 is 4.74 Å². The van der Waals surface area contributed by atoms with Crippen LogP contribution in [0, 0.1) is 17.7 Å². The number of halogens is 2. The molecule has 3 aromatic rings. The van der Waals surface area contributed by atoms with Crippen molar-refractivity contribution in [3.63, 3.8) is 0 Å². The molecular formula is C28H32ClFN2O4S. The third kappa shape index (κ3) is 7.57. The van der Waals surface area contributed by atoms with Gasteiger partial charge < -0.3 is 19.8 Å². The highest BCUT2D eigenvalue weighted by molar-refractivity contribution is 7.99. The number of ether oxygens (including phenoxy) is 1. The summed E-state index contributed by atoms with van der Waals surface area (Å²) < 4.78 is 18.9. The first-order chi connectivity index (χ1) is 17.8. The zero-order valence-corrected chi connectivity index (χ0v) is 22.3. The number of benzene rings is 2. The van der Waals surface area contributed by atoms with Gasteiger partial charge >= 0.3 is 5.97 Å². The smallest absolute Gasteiger partial charge is 0.303 e. The van der Waals surface area contributed by atoms with Gasteiger partial charge in [0.05, 0.1) is 18.7 Å². The van der Waals surface area contributed by atoms with Crippen LogP contribution in [0.4, 0.5) is 4.39 Å². The lowest BCUT2D eigenvalue weighted by Gasteiger charge is -2.38. The van der Waals surface area contributed by atoms with Gasteiger partial charge in [-0.2, -0.15) is 0 Å². The second-order valence-corrected chi connectivity index (χ2v) is 11.1. The Morgan fingerprint density at radius 1 is 1.27 bits per heavy atom. The lowest BCUT2D eigenvalue weighted by atomic mass is 9.79. The van der Waals surface area contributed by atoms with Gasteiger partial charge in [-0.3, -0.25) is 9.78 Å². The minimum absolute atomic E-state index is 0.0151. The van der Waals surface area contributed by atoms with E-state index in [0.717, 1.165) is 53.0 Å². The lowest BCUT2D eigenvalue weighted by molar-refractivity contribution is -0.139. The fraction of sp³-hybridized carbons (Fsp3) is 0.429. The molecule has 0 spiro atoms. The van der Waals surface area contributed by atoms with Gasteiger partial charge in [0.2, 0.25) is 0 Å². The molecule has 9 heteroatoms. The molecule has 2 N–H and O–H groups in total. The van der Waals surface area contributed by atoms with Crippen molar-refractivity contribution in [3.05, 3.63) is 65.1 Å². The molecule has 0 saturated carbocycles. The molecule has 37 heavy (non-hydrogen) atoms. The minimum atomic E-state index is -0.798. The number of piperidine rings is 1. The number of likely N-dealkylation sites (tertiary alicyclic amines) is 1. The first-order valence-electron chi connectivity index (χ1n) is 12.5. The van der Waals surface area contributed by atoms with Crippen molar-refractivity contribution >= 4 is 40.2 Å². The van der Waals surface area contributed by atoms with Crippen molar-refractivity contribution in [2.24, 2.45) is 11.8 Å². The molecular weight excluding hydrogens is 515 g/mol. The number of thioether (sulfide) groups is 1. The predicted molar refractivity (Wildman–Crippen MR) is 145 cm³/mol. The van der Waals surface area contributed by atoms with Gasteiger partial charge in [-0.25, -0.2) is 4.39 Å². The Balaban J connectivity index is 1.34. The molecule has 0 unspecified atom stereocenters. The summed E-state index contributed by atoms with van der Waals surface area (Å²) in [6, 6.07) is 12.0. The average molecular weight is 547 g/mol. The van der Waals surface area contributed by atoms with E-state index in [-0.39, 0.29) is 24.1 Å². The Hall–Kier alpha value is -2.39. The Bertz CT molecular complexity index is 1210. The Morgan fingerprint density at radius 2 is 2.11 bits per heavy atom. The van der Waals surface area contributed by atoms with E-state index in [1.165, 1.54) is 12.1 Å². The maximum absolute atomic E-state index is 13.6. The number of fused-ring (bicyclic) bond motifs is 1. The van der Waals surface area contributed by atoms with E-state index in [4.69, 9.17) is 16.3 Å². The third-order valence-corrected chi connectivity index (χ3v) is 8.25. The second-order valence-electron chi connectivity index (χ2n) is 9.54. The molecule has 0 radical (unpaired) electrons. The minimum Gasteiger partial charge on any atom is -0.497 e. The van der Waals surface area contributed by atoms with Crippen molar-refractivity contribution in [3.8, 4) is 5.75 Å². The van der Waals surface area contributed by atoms with Crippen molar-refractivity contribution < 1.29 is 24.1 Å². The Morgan fingerprint density at radius 3 is 2.86 bits per heavy atom. The lowest BCUT2D eigenvalue weighted by Crippen LogP contribution is -2.42. The molecule has 1 aliphatic heterocycles. The van der Waals surface area contributed by atoms with Crippen LogP contribution in [0.5, 0.6) is 5.75 Å². The fourth-order valence-corrected chi connectivity index (χ4v) is 6.47. The summed E-state index contributed by atoms with van der Waals surface area (Å²) in [5.74, 6) is 0.565. The van der Waals surface area contributed by atoms with Crippen molar-refractivity contribution in [2.75, 3.05) is 32.5 Å². The number of aliphatic carboxylic acids is 1. The van der Waals surface area contributed by atoms with Gasteiger partial charge in [0.1, 0.15) is 11.6 Å². The van der Waals surface area contributed by atoms with Gasteiger partial charge in [-0.1, -0.05) is 11.6 Å².